The lowest BCUT2D eigenvalue weighted by Gasteiger charge is -2.26. The number of nitrogens with one attached hydrogen (secondary N) is 1. The highest BCUT2D eigenvalue weighted by atomic mass is 16.6. The Kier molecular flexibility index (Phi) is 5.20. The van der Waals surface area contributed by atoms with Gasteiger partial charge in [-0.25, -0.2) is 0 Å². The molecule has 1 aromatic carbocycles. The van der Waals surface area contributed by atoms with Gasteiger partial charge in [0.05, 0.1) is 6.54 Å². The van der Waals surface area contributed by atoms with Crippen molar-refractivity contribution in [3.05, 3.63) is 24.3 Å². The number of fused-ring (bicyclic) bond motifs is 1. The lowest BCUT2D eigenvalue weighted by molar-refractivity contribution is -0.121. The second-order valence-corrected chi connectivity index (χ2v) is 6.34. The van der Waals surface area contributed by atoms with Crippen molar-refractivity contribution in [1.82, 2.24) is 5.32 Å². The molecule has 4 heteroatoms. The molecule has 1 aliphatic carbocycles. The van der Waals surface area contributed by atoms with E-state index in [4.69, 9.17) is 9.47 Å². The summed E-state index contributed by atoms with van der Waals surface area (Å²) >= 11 is 0. The molecule has 1 atom stereocenters. The van der Waals surface area contributed by atoms with Gasteiger partial charge >= 0.3 is 0 Å². The normalized spacial score (nSPS) is 21.4. The number of amides is 1. The number of ether oxygens (including phenoxy) is 2. The van der Waals surface area contributed by atoms with Crippen LogP contribution in [-0.2, 0) is 4.79 Å². The molecule has 1 saturated carbocycles. The fourth-order valence-electron chi connectivity index (χ4n) is 3.29. The van der Waals surface area contributed by atoms with E-state index in [0.29, 0.717) is 19.6 Å². The van der Waals surface area contributed by atoms with Gasteiger partial charge in [0.15, 0.2) is 11.5 Å². The summed E-state index contributed by atoms with van der Waals surface area (Å²) in [7, 11) is 0. The molecule has 1 amide bonds. The monoisotopic (exact) mass is 303 g/mol. The van der Waals surface area contributed by atoms with Crippen molar-refractivity contribution in [2.75, 3.05) is 13.2 Å². The van der Waals surface area contributed by atoms with Gasteiger partial charge in [-0.05, 0) is 24.5 Å². The second kappa shape index (κ2) is 7.52. The van der Waals surface area contributed by atoms with Crippen molar-refractivity contribution in [2.24, 2.45) is 5.92 Å². The standard InChI is InChI=1S/C18H25NO3/c20-18(11-10-14-6-2-1-3-7-14)19-12-15-13-21-16-8-4-5-9-17(16)22-15/h4-5,8-9,14-15H,1-3,6-7,10-13H2,(H,19,20). The Balaban J connectivity index is 1.37. The minimum Gasteiger partial charge on any atom is -0.486 e. The van der Waals surface area contributed by atoms with E-state index >= 15 is 0 Å². The summed E-state index contributed by atoms with van der Waals surface area (Å²) in [4.78, 5) is 12.0. The smallest absolute Gasteiger partial charge is 0.220 e. The second-order valence-electron chi connectivity index (χ2n) is 6.34. The highest BCUT2D eigenvalue weighted by Gasteiger charge is 2.21. The van der Waals surface area contributed by atoms with E-state index in [-0.39, 0.29) is 12.0 Å². The van der Waals surface area contributed by atoms with Crippen LogP contribution < -0.4 is 14.8 Å². The molecular formula is C18H25NO3. The zero-order valence-electron chi connectivity index (χ0n) is 13.1. The summed E-state index contributed by atoms with van der Waals surface area (Å²) < 4.78 is 11.5. The van der Waals surface area contributed by atoms with Crippen LogP contribution in [0.5, 0.6) is 11.5 Å². The molecule has 4 nitrogen and oxygen atoms in total. The molecule has 1 heterocycles. The third kappa shape index (κ3) is 4.15. The van der Waals surface area contributed by atoms with Crippen LogP contribution in [0.3, 0.4) is 0 Å². The fraction of sp³-hybridized carbons (Fsp3) is 0.611. The van der Waals surface area contributed by atoms with Crippen LogP contribution in [0.1, 0.15) is 44.9 Å². The van der Waals surface area contributed by atoms with Gasteiger partial charge in [-0.15, -0.1) is 0 Å². The Labute approximate surface area is 132 Å². The average Bonchev–Trinajstić information content (AvgIpc) is 2.59. The van der Waals surface area contributed by atoms with Crippen LogP contribution in [0.4, 0.5) is 0 Å². The first kappa shape index (κ1) is 15.2. The summed E-state index contributed by atoms with van der Waals surface area (Å²) in [5, 5.41) is 2.98. The summed E-state index contributed by atoms with van der Waals surface area (Å²) in [6.45, 7) is 0.998. The van der Waals surface area contributed by atoms with E-state index in [0.717, 1.165) is 23.8 Å². The van der Waals surface area contributed by atoms with E-state index in [2.05, 4.69) is 5.32 Å². The van der Waals surface area contributed by atoms with E-state index < -0.39 is 0 Å². The summed E-state index contributed by atoms with van der Waals surface area (Å²) in [6, 6.07) is 7.64. The van der Waals surface area contributed by atoms with Crippen molar-refractivity contribution >= 4 is 5.91 Å². The number of carbonyl (C=O) groups is 1. The van der Waals surface area contributed by atoms with Gasteiger partial charge in [0.25, 0.3) is 0 Å². The molecule has 2 aliphatic rings. The van der Waals surface area contributed by atoms with E-state index in [1.165, 1.54) is 32.1 Å². The van der Waals surface area contributed by atoms with Crippen LogP contribution in [0.2, 0.25) is 0 Å². The molecule has 1 unspecified atom stereocenters. The number of carbonyl (C=O) groups excluding carboxylic acids is 1. The number of para-hydroxylation sites is 2. The van der Waals surface area contributed by atoms with Crippen molar-refractivity contribution < 1.29 is 14.3 Å². The molecular weight excluding hydrogens is 278 g/mol. The van der Waals surface area contributed by atoms with Gasteiger partial charge in [0.2, 0.25) is 5.91 Å². The molecule has 0 spiro atoms. The molecule has 0 radical (unpaired) electrons. The molecule has 22 heavy (non-hydrogen) atoms. The van der Waals surface area contributed by atoms with Gasteiger partial charge in [-0.2, -0.15) is 0 Å². The zero-order valence-corrected chi connectivity index (χ0v) is 13.1. The molecule has 0 aromatic heterocycles. The van der Waals surface area contributed by atoms with Crippen LogP contribution in [0.15, 0.2) is 24.3 Å². The molecule has 3 rings (SSSR count). The van der Waals surface area contributed by atoms with Crippen LogP contribution in [0.25, 0.3) is 0 Å². The Morgan fingerprint density at radius 3 is 2.73 bits per heavy atom. The van der Waals surface area contributed by atoms with Gasteiger partial charge in [-0.3, -0.25) is 4.79 Å². The minimum absolute atomic E-state index is 0.103. The van der Waals surface area contributed by atoms with E-state index in [9.17, 15) is 4.79 Å². The summed E-state index contributed by atoms with van der Waals surface area (Å²) in [5.74, 6) is 2.42. The lowest BCUT2D eigenvalue weighted by atomic mass is 9.86. The van der Waals surface area contributed by atoms with Gasteiger partial charge in [0.1, 0.15) is 12.7 Å². The van der Waals surface area contributed by atoms with Crippen molar-refractivity contribution in [2.45, 2.75) is 51.0 Å². The minimum atomic E-state index is -0.103. The van der Waals surface area contributed by atoms with E-state index in [1.54, 1.807) is 0 Å². The summed E-state index contributed by atoms with van der Waals surface area (Å²) in [6.07, 6.45) is 8.17. The average molecular weight is 303 g/mol. The first-order chi connectivity index (χ1) is 10.8. The molecule has 1 aromatic rings. The summed E-state index contributed by atoms with van der Waals surface area (Å²) in [5.41, 5.74) is 0. The highest BCUT2D eigenvalue weighted by Crippen LogP contribution is 2.30. The first-order valence-electron chi connectivity index (χ1n) is 8.46. The Morgan fingerprint density at radius 1 is 1.14 bits per heavy atom. The lowest BCUT2D eigenvalue weighted by Crippen LogP contribution is -2.40. The third-order valence-electron chi connectivity index (χ3n) is 4.60. The van der Waals surface area contributed by atoms with Crippen molar-refractivity contribution in [1.29, 1.82) is 0 Å². The van der Waals surface area contributed by atoms with Crippen LogP contribution >= 0.6 is 0 Å². The van der Waals surface area contributed by atoms with Gasteiger partial charge in [-0.1, -0.05) is 44.2 Å². The van der Waals surface area contributed by atoms with Gasteiger partial charge < -0.3 is 14.8 Å². The van der Waals surface area contributed by atoms with Crippen LogP contribution in [-0.4, -0.2) is 25.2 Å². The van der Waals surface area contributed by atoms with E-state index in [1.807, 2.05) is 24.3 Å². The van der Waals surface area contributed by atoms with Crippen molar-refractivity contribution in [3.63, 3.8) is 0 Å². The van der Waals surface area contributed by atoms with Crippen molar-refractivity contribution in [3.8, 4) is 11.5 Å². The van der Waals surface area contributed by atoms with Gasteiger partial charge in [0, 0.05) is 6.42 Å². The zero-order chi connectivity index (χ0) is 15.2. The Hall–Kier alpha value is -1.71. The maximum Gasteiger partial charge on any atom is 0.220 e. The SMILES string of the molecule is O=C(CCC1CCCCC1)NCC1COc2ccccc2O1. The first-order valence-corrected chi connectivity index (χ1v) is 8.46. The number of rotatable bonds is 5. The highest BCUT2D eigenvalue weighted by molar-refractivity contribution is 5.75. The fourth-order valence-corrected chi connectivity index (χ4v) is 3.29. The molecule has 1 fully saturated rings. The largest absolute Gasteiger partial charge is 0.486 e. The maximum absolute atomic E-state index is 12.0. The molecule has 0 saturated heterocycles. The topological polar surface area (TPSA) is 47.6 Å². The molecule has 1 N–H and O–H groups in total. The number of hydrogen-bond acceptors (Lipinski definition) is 3. The Morgan fingerprint density at radius 2 is 1.91 bits per heavy atom. The third-order valence-corrected chi connectivity index (χ3v) is 4.60. The Bertz CT molecular complexity index is 497. The molecule has 120 valence electrons. The predicted molar refractivity (Wildman–Crippen MR) is 85.2 cm³/mol. The maximum atomic E-state index is 12.0. The quantitative estimate of drug-likeness (QED) is 0.908. The number of hydrogen-bond donors (Lipinski definition) is 1. The number of benzene rings is 1. The van der Waals surface area contributed by atoms with Crippen LogP contribution in [0, 0.1) is 5.92 Å². The molecule has 1 aliphatic heterocycles. The molecule has 0 bridgehead atoms. The predicted octanol–water partition coefficient (Wildman–Crippen LogP) is 3.30.